The zero-order valence-corrected chi connectivity index (χ0v) is 7.58. The van der Waals surface area contributed by atoms with Gasteiger partial charge in [-0.25, -0.2) is 0 Å². The summed E-state index contributed by atoms with van der Waals surface area (Å²) in [5.74, 6) is 0.290. The fraction of sp³-hybridized carbons (Fsp3) is 0.222. The Hall–Kier alpha value is -1.81. The number of epoxide rings is 1. The largest absolute Gasteiger partial charge is 0.498 e. The lowest BCUT2D eigenvalue weighted by molar-refractivity contribution is -0.479. The van der Waals surface area contributed by atoms with Crippen molar-refractivity contribution in [1.82, 2.24) is 0 Å². The lowest BCUT2D eigenvalue weighted by atomic mass is 10.2. The van der Waals surface area contributed by atoms with Crippen LogP contribution in [0.5, 0.6) is 5.75 Å². The molecule has 0 spiro atoms. The SMILES string of the molecule is [O-][N+]#Cc1ccccc1OOOC1CO1. The number of hydrogen-bond acceptors (Lipinski definition) is 5. The maximum Gasteiger partial charge on any atom is 0.340 e. The van der Waals surface area contributed by atoms with E-state index in [9.17, 15) is 5.21 Å². The quantitative estimate of drug-likeness (QED) is 0.426. The number of nitrogens with zero attached hydrogens (tertiary/aromatic N) is 1. The van der Waals surface area contributed by atoms with Crippen molar-refractivity contribution in [3.63, 3.8) is 0 Å². The first-order valence-corrected chi connectivity index (χ1v) is 4.19. The highest BCUT2D eigenvalue weighted by molar-refractivity contribution is 5.44. The molecule has 1 aliphatic rings. The first-order valence-electron chi connectivity index (χ1n) is 4.19. The van der Waals surface area contributed by atoms with Crippen LogP contribution >= 0.6 is 0 Å². The van der Waals surface area contributed by atoms with E-state index in [4.69, 9.17) is 9.62 Å². The van der Waals surface area contributed by atoms with Crippen LogP contribution < -0.4 is 4.89 Å². The second-order valence-corrected chi connectivity index (χ2v) is 2.71. The molecule has 6 heteroatoms. The predicted molar refractivity (Wildman–Crippen MR) is 48.7 cm³/mol. The van der Waals surface area contributed by atoms with Gasteiger partial charge >= 0.3 is 6.07 Å². The van der Waals surface area contributed by atoms with Crippen molar-refractivity contribution in [2.75, 3.05) is 6.61 Å². The van der Waals surface area contributed by atoms with Gasteiger partial charge < -0.3 is 14.8 Å². The van der Waals surface area contributed by atoms with Gasteiger partial charge in [-0.15, -0.1) is 0 Å². The van der Waals surface area contributed by atoms with Crippen molar-refractivity contribution in [3.8, 4) is 11.8 Å². The summed E-state index contributed by atoms with van der Waals surface area (Å²) < 4.78 is 4.71. The Kier molecular flexibility index (Phi) is 2.99. The minimum Gasteiger partial charge on any atom is -0.498 e. The molecular weight excluding hydrogens is 202 g/mol. The monoisotopic (exact) mass is 209 g/mol. The summed E-state index contributed by atoms with van der Waals surface area (Å²) in [7, 11) is 0. The molecular formula is C9H7NO5. The normalized spacial score (nSPS) is 17.7. The second kappa shape index (κ2) is 4.61. The van der Waals surface area contributed by atoms with Gasteiger partial charge in [-0.2, -0.15) is 4.89 Å². The van der Waals surface area contributed by atoms with Gasteiger partial charge in [-0.1, -0.05) is 12.1 Å². The topological polar surface area (TPSA) is 67.6 Å². The molecule has 2 rings (SSSR count). The molecule has 0 bridgehead atoms. The molecule has 15 heavy (non-hydrogen) atoms. The van der Waals surface area contributed by atoms with Crippen molar-refractivity contribution in [1.29, 1.82) is 0 Å². The van der Waals surface area contributed by atoms with Gasteiger partial charge in [-0.3, -0.25) is 0 Å². The molecule has 6 nitrogen and oxygen atoms in total. The predicted octanol–water partition coefficient (Wildman–Crippen LogP) is 1.46. The Morgan fingerprint density at radius 2 is 2.27 bits per heavy atom. The summed E-state index contributed by atoms with van der Waals surface area (Å²) in [4.78, 5) is 9.39. The third-order valence-corrected chi connectivity index (χ3v) is 1.63. The third-order valence-electron chi connectivity index (χ3n) is 1.63. The van der Waals surface area contributed by atoms with Gasteiger partial charge in [0.2, 0.25) is 6.29 Å². The first kappa shape index (κ1) is 9.73. The van der Waals surface area contributed by atoms with Gasteiger partial charge in [0.05, 0.1) is 0 Å². The van der Waals surface area contributed by atoms with Crippen molar-refractivity contribution in [3.05, 3.63) is 40.0 Å². The highest BCUT2D eigenvalue weighted by Crippen LogP contribution is 2.18. The van der Waals surface area contributed by atoms with Crippen molar-refractivity contribution in [2.45, 2.75) is 6.29 Å². The lowest BCUT2D eigenvalue weighted by Gasteiger charge is -2.01. The molecule has 1 aromatic rings. The van der Waals surface area contributed by atoms with E-state index in [1.807, 2.05) is 0 Å². The second-order valence-electron chi connectivity index (χ2n) is 2.71. The minimum absolute atomic E-state index is 0.290. The molecule has 0 amide bonds. The summed E-state index contributed by atoms with van der Waals surface area (Å²) in [6, 6.07) is 8.82. The molecule has 1 aromatic carbocycles. The zero-order chi connectivity index (χ0) is 10.5. The Morgan fingerprint density at radius 1 is 1.47 bits per heavy atom. The van der Waals surface area contributed by atoms with E-state index in [2.05, 4.69) is 21.0 Å². The summed E-state index contributed by atoms with van der Waals surface area (Å²) in [5.41, 5.74) is 0.382. The molecule has 0 aliphatic carbocycles. The van der Waals surface area contributed by atoms with Gasteiger partial charge in [0.1, 0.15) is 12.2 Å². The van der Waals surface area contributed by atoms with E-state index in [-0.39, 0.29) is 12.0 Å². The van der Waals surface area contributed by atoms with E-state index in [0.29, 0.717) is 12.2 Å². The average molecular weight is 209 g/mol. The van der Waals surface area contributed by atoms with Crippen LogP contribution in [0.2, 0.25) is 0 Å². The Labute approximate surface area is 85.2 Å². The molecule has 0 aromatic heterocycles. The molecule has 1 aliphatic heterocycles. The summed E-state index contributed by atoms with van der Waals surface area (Å²) in [6.45, 7) is 0.485. The smallest absolute Gasteiger partial charge is 0.340 e. The Bertz CT molecular complexity index is 393. The van der Waals surface area contributed by atoms with Crippen LogP contribution in [0.25, 0.3) is 5.01 Å². The van der Waals surface area contributed by atoms with Crippen LogP contribution in [0.3, 0.4) is 0 Å². The molecule has 1 atom stereocenters. The number of ether oxygens (including phenoxy) is 1. The van der Waals surface area contributed by atoms with Crippen LogP contribution in [0, 0.1) is 11.3 Å². The fourth-order valence-electron chi connectivity index (χ4n) is 0.876. The van der Waals surface area contributed by atoms with Crippen LogP contribution in [0.15, 0.2) is 24.3 Å². The maximum atomic E-state index is 10.0. The number of para-hydroxylation sites is 1. The van der Waals surface area contributed by atoms with E-state index < -0.39 is 0 Å². The Balaban J connectivity index is 1.94. The zero-order valence-electron chi connectivity index (χ0n) is 7.58. The van der Waals surface area contributed by atoms with E-state index in [1.165, 1.54) is 0 Å². The van der Waals surface area contributed by atoms with Crippen molar-refractivity contribution >= 4 is 0 Å². The molecule has 1 heterocycles. The molecule has 0 saturated carbocycles. The number of benzene rings is 1. The van der Waals surface area contributed by atoms with Crippen molar-refractivity contribution in [2.24, 2.45) is 0 Å². The average Bonchev–Trinajstić information content (AvgIpc) is 3.05. The molecule has 0 N–H and O–H groups in total. The molecule has 78 valence electrons. The number of rotatable bonds is 4. The van der Waals surface area contributed by atoms with Crippen LogP contribution in [-0.2, 0) is 14.7 Å². The summed E-state index contributed by atoms with van der Waals surface area (Å²) in [6.07, 6.45) is -0.366. The summed E-state index contributed by atoms with van der Waals surface area (Å²) in [5, 5.41) is 17.0. The molecule has 1 saturated heterocycles. The van der Waals surface area contributed by atoms with Gasteiger partial charge in [0, 0.05) is 5.01 Å². The van der Waals surface area contributed by atoms with E-state index in [0.717, 1.165) is 0 Å². The Morgan fingerprint density at radius 3 is 3.00 bits per heavy atom. The third kappa shape index (κ3) is 2.82. The lowest BCUT2D eigenvalue weighted by Crippen LogP contribution is -2.02. The van der Waals surface area contributed by atoms with Gasteiger partial charge in [0.15, 0.2) is 5.75 Å². The van der Waals surface area contributed by atoms with Crippen LogP contribution in [0.4, 0.5) is 0 Å². The van der Waals surface area contributed by atoms with Gasteiger partial charge in [0.25, 0.3) is 0 Å². The number of hydrogen-bond donors (Lipinski definition) is 0. The fourth-order valence-corrected chi connectivity index (χ4v) is 0.876. The van der Waals surface area contributed by atoms with Crippen molar-refractivity contribution < 1.29 is 19.6 Å². The van der Waals surface area contributed by atoms with E-state index in [1.54, 1.807) is 24.3 Å². The molecule has 1 fully saturated rings. The maximum absolute atomic E-state index is 10.0. The minimum atomic E-state index is -0.366. The van der Waals surface area contributed by atoms with E-state index >= 15 is 0 Å². The molecule has 1 unspecified atom stereocenters. The molecule has 0 radical (unpaired) electrons. The van der Waals surface area contributed by atoms with Gasteiger partial charge in [-0.05, 0) is 17.2 Å². The summed E-state index contributed by atoms with van der Waals surface area (Å²) >= 11 is 0. The first-order chi connectivity index (χ1) is 7.40. The highest BCUT2D eigenvalue weighted by Gasteiger charge is 2.25. The van der Waals surface area contributed by atoms with Crippen LogP contribution in [-0.4, -0.2) is 12.9 Å². The standard InChI is InChI=1S/C9H7NO5/c11-10-5-7-3-1-2-4-8(7)13-15-14-9-6-12-9/h1-4,9H,6H2. The van der Waals surface area contributed by atoms with Crippen LogP contribution in [0.1, 0.15) is 5.56 Å². The highest BCUT2D eigenvalue weighted by atomic mass is 17.5.